The fourth-order valence-corrected chi connectivity index (χ4v) is 3.27. The summed E-state index contributed by atoms with van der Waals surface area (Å²) < 4.78 is 0.978. The van der Waals surface area contributed by atoms with Crippen LogP contribution in [0.4, 0.5) is 5.69 Å². The molecule has 0 radical (unpaired) electrons. The lowest BCUT2D eigenvalue weighted by molar-refractivity contribution is -0.115. The average molecular weight is 300 g/mol. The van der Waals surface area contributed by atoms with Crippen LogP contribution in [0.3, 0.4) is 0 Å². The molecule has 0 aliphatic carbocycles. The van der Waals surface area contributed by atoms with E-state index in [0.717, 1.165) is 34.3 Å². The smallest absolute Gasteiger partial charge is 0.237 e. The minimum Gasteiger partial charge on any atom is -0.324 e. The zero-order chi connectivity index (χ0) is 11.5. The number of anilines is 1. The Morgan fingerprint density at radius 2 is 2.38 bits per heavy atom. The molecule has 1 aromatic carbocycles. The number of rotatable bonds is 2. The van der Waals surface area contributed by atoms with Crippen LogP contribution >= 0.6 is 27.7 Å². The maximum Gasteiger partial charge on any atom is 0.237 e. The minimum absolute atomic E-state index is 0.132. The maximum absolute atomic E-state index is 11.9. The van der Waals surface area contributed by atoms with Crippen molar-refractivity contribution in [2.45, 2.75) is 25.0 Å². The molecule has 4 heteroatoms. The van der Waals surface area contributed by atoms with Gasteiger partial charge in [-0.25, -0.2) is 0 Å². The highest BCUT2D eigenvalue weighted by Crippen LogP contribution is 2.30. The molecular weight excluding hydrogens is 286 g/mol. The zero-order valence-electron chi connectivity index (χ0n) is 9.13. The van der Waals surface area contributed by atoms with Gasteiger partial charge in [0, 0.05) is 4.47 Å². The summed E-state index contributed by atoms with van der Waals surface area (Å²) in [5, 5.41) is 3.12. The molecule has 2 rings (SSSR count). The fourth-order valence-electron chi connectivity index (χ4n) is 1.74. The van der Waals surface area contributed by atoms with Gasteiger partial charge in [0.15, 0.2) is 0 Å². The van der Waals surface area contributed by atoms with Gasteiger partial charge in [-0.15, -0.1) is 11.8 Å². The van der Waals surface area contributed by atoms with E-state index in [1.54, 1.807) is 11.8 Å². The number of benzene rings is 1. The van der Waals surface area contributed by atoms with E-state index in [2.05, 4.69) is 21.2 Å². The molecule has 1 atom stereocenters. The summed E-state index contributed by atoms with van der Waals surface area (Å²) in [7, 11) is 0. The van der Waals surface area contributed by atoms with Crippen molar-refractivity contribution in [2.24, 2.45) is 0 Å². The highest BCUT2D eigenvalue weighted by atomic mass is 79.9. The number of hydrogen-bond donors (Lipinski definition) is 1. The molecule has 1 aromatic rings. The standard InChI is InChI=1S/C12H14BrNOS/c1-8-4-2-5-9(11(8)13)14-12(15)10-6-3-7-16-10/h2,4-5,10H,3,6-7H2,1H3,(H,14,15). The Bertz CT molecular complexity index is 402. The van der Waals surface area contributed by atoms with E-state index in [0.29, 0.717) is 0 Å². The van der Waals surface area contributed by atoms with Gasteiger partial charge in [-0.2, -0.15) is 0 Å². The van der Waals surface area contributed by atoms with E-state index in [4.69, 9.17) is 0 Å². The van der Waals surface area contributed by atoms with Crippen molar-refractivity contribution in [2.75, 3.05) is 11.1 Å². The first-order chi connectivity index (χ1) is 7.68. The molecule has 1 heterocycles. The first-order valence-electron chi connectivity index (χ1n) is 5.36. The second-order valence-corrected chi connectivity index (χ2v) is 6.03. The van der Waals surface area contributed by atoms with Crippen molar-refractivity contribution < 1.29 is 4.79 Å². The Hall–Kier alpha value is -0.480. The maximum atomic E-state index is 11.9. The number of aryl methyl sites for hydroxylation is 1. The summed E-state index contributed by atoms with van der Waals surface area (Å²) in [6.07, 6.45) is 2.15. The SMILES string of the molecule is Cc1cccc(NC(=O)C2CCCS2)c1Br. The molecule has 1 N–H and O–H groups in total. The molecule has 0 saturated carbocycles. The fraction of sp³-hybridized carbons (Fsp3) is 0.417. The first kappa shape index (κ1) is 12.0. The summed E-state index contributed by atoms with van der Waals surface area (Å²) in [5.41, 5.74) is 2.01. The molecule has 16 heavy (non-hydrogen) atoms. The Morgan fingerprint density at radius 1 is 1.56 bits per heavy atom. The van der Waals surface area contributed by atoms with E-state index >= 15 is 0 Å². The largest absolute Gasteiger partial charge is 0.324 e. The van der Waals surface area contributed by atoms with Gasteiger partial charge in [0.25, 0.3) is 0 Å². The summed E-state index contributed by atoms with van der Waals surface area (Å²) in [5.74, 6) is 1.24. The minimum atomic E-state index is 0.132. The summed E-state index contributed by atoms with van der Waals surface area (Å²) in [6, 6.07) is 5.90. The van der Waals surface area contributed by atoms with Crippen LogP contribution in [0.25, 0.3) is 0 Å². The van der Waals surface area contributed by atoms with E-state index in [-0.39, 0.29) is 11.2 Å². The molecule has 2 nitrogen and oxygen atoms in total. The average Bonchev–Trinajstić information content (AvgIpc) is 2.78. The van der Waals surface area contributed by atoms with Crippen molar-refractivity contribution in [1.29, 1.82) is 0 Å². The highest BCUT2D eigenvalue weighted by molar-refractivity contribution is 9.10. The highest BCUT2D eigenvalue weighted by Gasteiger charge is 2.23. The predicted octanol–water partition coefficient (Wildman–Crippen LogP) is 3.59. The van der Waals surface area contributed by atoms with E-state index in [1.807, 2.05) is 25.1 Å². The second-order valence-electron chi connectivity index (χ2n) is 3.93. The quantitative estimate of drug-likeness (QED) is 0.904. The summed E-state index contributed by atoms with van der Waals surface area (Å²) >= 11 is 5.25. The lowest BCUT2D eigenvalue weighted by Crippen LogP contribution is -2.23. The number of carbonyl (C=O) groups excluding carboxylic acids is 1. The number of thioether (sulfide) groups is 1. The van der Waals surface area contributed by atoms with Crippen molar-refractivity contribution >= 4 is 39.3 Å². The third-order valence-electron chi connectivity index (χ3n) is 2.67. The normalized spacial score (nSPS) is 19.8. The Kier molecular flexibility index (Phi) is 3.92. The molecule has 1 aliphatic heterocycles. The van der Waals surface area contributed by atoms with Crippen molar-refractivity contribution in [3.63, 3.8) is 0 Å². The van der Waals surface area contributed by atoms with E-state index in [1.165, 1.54) is 0 Å². The van der Waals surface area contributed by atoms with Crippen LogP contribution in [0.15, 0.2) is 22.7 Å². The molecule has 1 saturated heterocycles. The monoisotopic (exact) mass is 299 g/mol. The van der Waals surface area contributed by atoms with Crippen molar-refractivity contribution in [3.05, 3.63) is 28.2 Å². The third-order valence-corrected chi connectivity index (χ3v) is 5.10. The molecule has 1 amide bonds. The van der Waals surface area contributed by atoms with Crippen LogP contribution in [0.5, 0.6) is 0 Å². The van der Waals surface area contributed by atoms with Gasteiger partial charge in [-0.05, 0) is 53.1 Å². The van der Waals surface area contributed by atoms with Crippen LogP contribution in [-0.4, -0.2) is 16.9 Å². The number of nitrogens with one attached hydrogen (secondary N) is 1. The van der Waals surface area contributed by atoms with Gasteiger partial charge < -0.3 is 5.32 Å². The Labute approximate surface area is 108 Å². The van der Waals surface area contributed by atoms with Gasteiger partial charge in [-0.3, -0.25) is 4.79 Å². The van der Waals surface area contributed by atoms with Gasteiger partial charge in [0.2, 0.25) is 5.91 Å². The van der Waals surface area contributed by atoms with Crippen molar-refractivity contribution in [3.8, 4) is 0 Å². The Balaban J connectivity index is 2.08. The van der Waals surface area contributed by atoms with Crippen LogP contribution in [0.2, 0.25) is 0 Å². The number of carbonyl (C=O) groups is 1. The van der Waals surface area contributed by atoms with Crippen LogP contribution < -0.4 is 5.32 Å². The van der Waals surface area contributed by atoms with Gasteiger partial charge in [-0.1, -0.05) is 12.1 Å². The topological polar surface area (TPSA) is 29.1 Å². The second kappa shape index (κ2) is 5.23. The van der Waals surface area contributed by atoms with E-state index in [9.17, 15) is 4.79 Å². The van der Waals surface area contributed by atoms with Crippen LogP contribution in [0.1, 0.15) is 18.4 Å². The molecule has 0 aromatic heterocycles. The molecule has 0 bridgehead atoms. The third kappa shape index (κ3) is 2.61. The molecule has 86 valence electrons. The van der Waals surface area contributed by atoms with Gasteiger partial charge in [0.05, 0.1) is 10.9 Å². The molecule has 1 aliphatic rings. The lowest BCUT2D eigenvalue weighted by Gasteiger charge is -2.12. The molecule has 1 fully saturated rings. The number of hydrogen-bond acceptors (Lipinski definition) is 2. The zero-order valence-corrected chi connectivity index (χ0v) is 11.5. The van der Waals surface area contributed by atoms with Gasteiger partial charge >= 0.3 is 0 Å². The van der Waals surface area contributed by atoms with Crippen molar-refractivity contribution in [1.82, 2.24) is 0 Å². The lowest BCUT2D eigenvalue weighted by atomic mass is 10.2. The molecule has 0 spiro atoms. The van der Waals surface area contributed by atoms with E-state index < -0.39 is 0 Å². The van der Waals surface area contributed by atoms with Crippen LogP contribution in [0, 0.1) is 6.92 Å². The summed E-state index contributed by atoms with van der Waals surface area (Å²) in [4.78, 5) is 11.9. The summed E-state index contributed by atoms with van der Waals surface area (Å²) in [6.45, 7) is 2.02. The first-order valence-corrected chi connectivity index (χ1v) is 7.20. The molecular formula is C12H14BrNOS. The Morgan fingerprint density at radius 3 is 3.06 bits per heavy atom. The number of halogens is 1. The molecule has 1 unspecified atom stereocenters. The predicted molar refractivity (Wildman–Crippen MR) is 73.0 cm³/mol. The van der Waals surface area contributed by atoms with Crippen LogP contribution in [-0.2, 0) is 4.79 Å². The number of amides is 1. The van der Waals surface area contributed by atoms with Gasteiger partial charge in [0.1, 0.15) is 0 Å².